The zero-order chi connectivity index (χ0) is 13.0. The molecule has 0 aliphatic heterocycles. The van der Waals surface area contributed by atoms with Crippen LogP contribution in [0.5, 0.6) is 0 Å². The molecule has 0 unspecified atom stereocenters. The summed E-state index contributed by atoms with van der Waals surface area (Å²) >= 11 is 7.20. The second-order valence-corrected chi connectivity index (χ2v) is 5.16. The molecule has 0 amide bonds. The highest BCUT2D eigenvalue weighted by molar-refractivity contribution is 7.18. The van der Waals surface area contributed by atoms with Crippen LogP contribution in [0.1, 0.15) is 19.8 Å². The molecule has 2 heterocycles. The molecule has 2 aromatic rings. The molecular formula is C11H13ClN4OS. The Morgan fingerprint density at radius 1 is 1.44 bits per heavy atom. The molecule has 0 saturated carbocycles. The molecule has 96 valence electrons. The summed E-state index contributed by atoms with van der Waals surface area (Å²) in [6.07, 6.45) is 2.22. The topological polar surface area (TPSA) is 70.7 Å². The van der Waals surface area contributed by atoms with Crippen LogP contribution in [0.25, 0.3) is 10.6 Å². The number of rotatable bonds is 5. The fourth-order valence-electron chi connectivity index (χ4n) is 1.42. The Morgan fingerprint density at radius 3 is 3.00 bits per heavy atom. The molecule has 18 heavy (non-hydrogen) atoms. The van der Waals surface area contributed by atoms with Crippen LogP contribution in [0, 0.1) is 0 Å². The number of pyridine rings is 1. The van der Waals surface area contributed by atoms with Crippen LogP contribution in [0.3, 0.4) is 0 Å². The fraction of sp³-hybridized carbons (Fsp3) is 0.364. The van der Waals surface area contributed by atoms with E-state index in [-0.39, 0.29) is 5.56 Å². The molecule has 2 aromatic heterocycles. The number of aromatic amines is 1. The number of aromatic nitrogens is 3. The van der Waals surface area contributed by atoms with E-state index in [9.17, 15) is 4.79 Å². The summed E-state index contributed by atoms with van der Waals surface area (Å²) in [5, 5.41) is 13.0. The van der Waals surface area contributed by atoms with Gasteiger partial charge in [0.15, 0.2) is 0 Å². The van der Waals surface area contributed by atoms with Crippen LogP contribution in [-0.2, 0) is 0 Å². The third-order valence-electron chi connectivity index (χ3n) is 2.29. The minimum Gasteiger partial charge on any atom is -0.360 e. The van der Waals surface area contributed by atoms with E-state index in [1.54, 1.807) is 6.07 Å². The molecule has 0 bridgehead atoms. The summed E-state index contributed by atoms with van der Waals surface area (Å²) in [7, 11) is 0. The Kier molecular flexibility index (Phi) is 4.33. The van der Waals surface area contributed by atoms with E-state index < -0.39 is 0 Å². The maximum Gasteiger partial charge on any atom is 0.249 e. The Hall–Kier alpha value is -1.40. The van der Waals surface area contributed by atoms with E-state index in [0.717, 1.165) is 24.5 Å². The van der Waals surface area contributed by atoms with Gasteiger partial charge in [-0.3, -0.25) is 4.79 Å². The molecule has 0 aromatic carbocycles. The normalized spacial score (nSPS) is 10.6. The van der Waals surface area contributed by atoms with Crippen molar-refractivity contribution in [2.24, 2.45) is 0 Å². The van der Waals surface area contributed by atoms with Crippen molar-refractivity contribution in [2.75, 3.05) is 11.9 Å². The molecular weight excluding hydrogens is 272 g/mol. The van der Waals surface area contributed by atoms with Crippen molar-refractivity contribution >= 4 is 28.1 Å². The number of hydrogen-bond acceptors (Lipinski definition) is 5. The number of halogens is 1. The first kappa shape index (κ1) is 13.0. The van der Waals surface area contributed by atoms with Gasteiger partial charge in [0.1, 0.15) is 10.2 Å². The van der Waals surface area contributed by atoms with Crippen LogP contribution in [0.2, 0.25) is 5.15 Å². The van der Waals surface area contributed by atoms with Crippen LogP contribution in [0.4, 0.5) is 5.13 Å². The van der Waals surface area contributed by atoms with Gasteiger partial charge in [-0.1, -0.05) is 36.3 Å². The molecule has 5 nitrogen and oxygen atoms in total. The van der Waals surface area contributed by atoms with Crippen molar-refractivity contribution in [3.05, 3.63) is 27.6 Å². The summed E-state index contributed by atoms with van der Waals surface area (Å²) in [6.45, 7) is 3.01. The predicted molar refractivity (Wildman–Crippen MR) is 74.4 cm³/mol. The predicted octanol–water partition coefficient (Wildman–Crippen LogP) is 2.76. The summed E-state index contributed by atoms with van der Waals surface area (Å²) in [6, 6.07) is 3.13. The van der Waals surface area contributed by atoms with Gasteiger partial charge in [-0.25, -0.2) is 0 Å². The Labute approximate surface area is 113 Å². The molecule has 7 heteroatoms. The molecule has 0 atom stereocenters. The van der Waals surface area contributed by atoms with Crippen molar-refractivity contribution in [1.82, 2.24) is 15.2 Å². The van der Waals surface area contributed by atoms with Crippen molar-refractivity contribution in [2.45, 2.75) is 19.8 Å². The Bertz CT molecular complexity index is 580. The van der Waals surface area contributed by atoms with Gasteiger partial charge >= 0.3 is 0 Å². The van der Waals surface area contributed by atoms with Crippen molar-refractivity contribution in [1.29, 1.82) is 0 Å². The molecule has 0 radical (unpaired) electrons. The quantitative estimate of drug-likeness (QED) is 0.654. The number of H-pyrrole nitrogens is 1. The van der Waals surface area contributed by atoms with Crippen molar-refractivity contribution < 1.29 is 0 Å². The fourth-order valence-corrected chi connectivity index (χ4v) is 2.38. The molecule has 0 aliphatic rings. The van der Waals surface area contributed by atoms with Gasteiger partial charge < -0.3 is 10.3 Å². The molecule has 0 aliphatic carbocycles. The monoisotopic (exact) mass is 284 g/mol. The van der Waals surface area contributed by atoms with Crippen molar-refractivity contribution in [3.63, 3.8) is 0 Å². The summed E-state index contributed by atoms with van der Waals surface area (Å²) in [5.74, 6) is 0. The smallest absolute Gasteiger partial charge is 0.249 e. The zero-order valence-electron chi connectivity index (χ0n) is 9.86. The highest BCUT2D eigenvalue weighted by Gasteiger charge is 2.07. The van der Waals surface area contributed by atoms with E-state index in [0.29, 0.717) is 15.7 Å². The van der Waals surface area contributed by atoms with Gasteiger partial charge in [-0.15, -0.1) is 10.2 Å². The first-order valence-electron chi connectivity index (χ1n) is 5.66. The minimum absolute atomic E-state index is 0.242. The number of nitrogens with one attached hydrogen (secondary N) is 2. The van der Waals surface area contributed by atoms with Crippen molar-refractivity contribution in [3.8, 4) is 10.6 Å². The Morgan fingerprint density at radius 2 is 2.28 bits per heavy atom. The number of anilines is 1. The lowest BCUT2D eigenvalue weighted by atomic mass is 10.3. The summed E-state index contributed by atoms with van der Waals surface area (Å²) in [4.78, 5) is 13.8. The van der Waals surface area contributed by atoms with E-state index in [4.69, 9.17) is 11.6 Å². The number of hydrogen-bond donors (Lipinski definition) is 2. The largest absolute Gasteiger partial charge is 0.360 e. The number of nitrogens with zero attached hydrogens (tertiary/aromatic N) is 2. The second kappa shape index (κ2) is 5.97. The van der Waals surface area contributed by atoms with Crippen LogP contribution >= 0.6 is 22.9 Å². The maximum absolute atomic E-state index is 11.3. The third-order valence-corrected chi connectivity index (χ3v) is 3.42. The second-order valence-electron chi connectivity index (χ2n) is 3.77. The van der Waals surface area contributed by atoms with Gasteiger partial charge in [0.05, 0.1) is 0 Å². The van der Waals surface area contributed by atoms with Crippen LogP contribution < -0.4 is 10.9 Å². The first-order chi connectivity index (χ1) is 8.69. The lowest BCUT2D eigenvalue weighted by Gasteiger charge is -1.98. The molecule has 0 spiro atoms. The first-order valence-corrected chi connectivity index (χ1v) is 6.86. The molecule has 0 saturated heterocycles. The average molecular weight is 285 g/mol. The van der Waals surface area contributed by atoms with E-state index in [1.165, 1.54) is 17.4 Å². The highest BCUT2D eigenvalue weighted by atomic mass is 35.5. The maximum atomic E-state index is 11.3. The van der Waals surface area contributed by atoms with Gasteiger partial charge in [0.2, 0.25) is 10.7 Å². The standard InChI is InChI=1S/C11H13ClN4OS/c1-2-3-4-13-11-16-15-10(18-11)7-5-8(12)14-9(17)6-7/h5-6H,2-4H2,1H3,(H,13,16)(H,14,17). The van der Waals surface area contributed by atoms with Crippen LogP contribution in [-0.4, -0.2) is 21.7 Å². The Balaban J connectivity index is 2.16. The van der Waals surface area contributed by atoms with Gasteiger partial charge in [-0.2, -0.15) is 0 Å². The zero-order valence-corrected chi connectivity index (χ0v) is 11.4. The van der Waals surface area contributed by atoms with E-state index >= 15 is 0 Å². The third kappa shape index (κ3) is 3.30. The van der Waals surface area contributed by atoms with Gasteiger partial charge in [0.25, 0.3) is 0 Å². The lowest BCUT2D eigenvalue weighted by molar-refractivity contribution is 0.831. The SMILES string of the molecule is CCCCNc1nnc(-c2cc(Cl)[nH]c(=O)c2)s1. The summed E-state index contributed by atoms with van der Waals surface area (Å²) < 4.78 is 0. The van der Waals surface area contributed by atoms with Gasteiger partial charge in [0, 0.05) is 18.2 Å². The van der Waals surface area contributed by atoms with E-state index in [2.05, 4.69) is 27.4 Å². The van der Waals surface area contributed by atoms with E-state index in [1.807, 2.05) is 0 Å². The average Bonchev–Trinajstić information content (AvgIpc) is 2.77. The lowest BCUT2D eigenvalue weighted by Crippen LogP contribution is -2.03. The molecule has 0 fully saturated rings. The van der Waals surface area contributed by atoms with Crippen LogP contribution in [0.15, 0.2) is 16.9 Å². The summed E-state index contributed by atoms with van der Waals surface area (Å²) in [5.41, 5.74) is 0.443. The number of unbranched alkanes of at least 4 members (excludes halogenated alkanes) is 1. The minimum atomic E-state index is -0.242. The van der Waals surface area contributed by atoms with Gasteiger partial charge in [-0.05, 0) is 12.5 Å². The molecule has 2 rings (SSSR count). The molecule has 2 N–H and O–H groups in total. The highest BCUT2D eigenvalue weighted by Crippen LogP contribution is 2.26.